The zero-order valence-corrected chi connectivity index (χ0v) is 21.2. The molecule has 1 aliphatic heterocycles. The van der Waals surface area contributed by atoms with Crippen molar-refractivity contribution in [2.24, 2.45) is 5.92 Å². The fourth-order valence-electron chi connectivity index (χ4n) is 5.26. The summed E-state index contributed by atoms with van der Waals surface area (Å²) in [6, 6.07) is 5.54. The van der Waals surface area contributed by atoms with Gasteiger partial charge in [-0.05, 0) is 69.2 Å². The molecule has 2 aromatic heterocycles. The number of benzene rings is 1. The lowest BCUT2D eigenvalue weighted by molar-refractivity contribution is -0.134. The Balaban J connectivity index is 1.04. The molecule has 0 bridgehead atoms. The van der Waals surface area contributed by atoms with E-state index in [1.54, 1.807) is 19.1 Å². The molecule has 1 saturated carbocycles. The molecule has 36 heavy (non-hydrogen) atoms. The molecule has 3 heterocycles. The predicted octanol–water partition coefficient (Wildman–Crippen LogP) is 5.82. The number of carbonyl (C=O) groups is 1. The molecular formula is C26H31F3N4O2S. The number of nitrogens with one attached hydrogen (secondary N) is 1. The Hall–Kier alpha value is -2.46. The summed E-state index contributed by atoms with van der Waals surface area (Å²) in [4.78, 5) is 25.0. The average molecular weight is 521 g/mol. The van der Waals surface area contributed by atoms with E-state index < -0.39 is 12.6 Å². The number of halogens is 3. The maximum atomic E-state index is 12.7. The Kier molecular flexibility index (Phi) is 7.35. The molecule has 10 heteroatoms. The van der Waals surface area contributed by atoms with E-state index in [4.69, 9.17) is 4.42 Å². The van der Waals surface area contributed by atoms with Gasteiger partial charge in [-0.3, -0.25) is 9.69 Å². The van der Waals surface area contributed by atoms with Crippen LogP contribution >= 0.6 is 11.3 Å². The fourth-order valence-corrected chi connectivity index (χ4v) is 6.33. The smallest absolute Gasteiger partial charge is 0.389 e. The molecule has 1 amide bonds. The van der Waals surface area contributed by atoms with Crippen LogP contribution in [-0.2, 0) is 19.4 Å². The molecule has 3 aromatic rings. The van der Waals surface area contributed by atoms with Crippen molar-refractivity contribution in [2.75, 3.05) is 13.1 Å². The number of oxazole rings is 1. The van der Waals surface area contributed by atoms with Gasteiger partial charge in [0.1, 0.15) is 5.52 Å². The summed E-state index contributed by atoms with van der Waals surface area (Å²) in [6.45, 7) is 4.44. The molecule has 1 N–H and O–H groups in total. The standard InChI is InChI=1S/C26H31F3N4O2S/c1-16-30-20-7-4-18(14-22(20)35-16)25(34)31-19-5-2-17(3-6-19)9-12-33-13-10-23-21(15-33)32-24(36-23)8-11-26(27,28)29/h4,7,14,17,19H,2-3,5-6,8-13,15H2,1H3,(H,31,34). The Morgan fingerprint density at radius 1 is 1.22 bits per heavy atom. The van der Waals surface area contributed by atoms with Crippen molar-refractivity contribution in [1.29, 1.82) is 0 Å². The predicted molar refractivity (Wildman–Crippen MR) is 132 cm³/mol. The van der Waals surface area contributed by atoms with E-state index in [1.807, 2.05) is 6.07 Å². The number of nitrogens with zero attached hydrogens (tertiary/aromatic N) is 3. The van der Waals surface area contributed by atoms with Crippen molar-refractivity contribution in [3.05, 3.63) is 45.2 Å². The Morgan fingerprint density at radius 3 is 2.81 bits per heavy atom. The van der Waals surface area contributed by atoms with Crippen LogP contribution in [0.1, 0.15) is 70.4 Å². The minimum absolute atomic E-state index is 0.0186. The number of hydrogen-bond acceptors (Lipinski definition) is 6. The van der Waals surface area contributed by atoms with Gasteiger partial charge in [0.15, 0.2) is 11.5 Å². The van der Waals surface area contributed by atoms with Crippen LogP contribution in [0.25, 0.3) is 11.1 Å². The number of aromatic nitrogens is 2. The molecule has 2 aliphatic rings. The van der Waals surface area contributed by atoms with Gasteiger partial charge >= 0.3 is 6.18 Å². The van der Waals surface area contributed by atoms with Crippen LogP contribution in [0.15, 0.2) is 22.6 Å². The van der Waals surface area contributed by atoms with Gasteiger partial charge in [-0.1, -0.05) is 0 Å². The van der Waals surface area contributed by atoms with Crippen LogP contribution in [-0.4, -0.2) is 46.1 Å². The minimum atomic E-state index is -4.13. The van der Waals surface area contributed by atoms with Gasteiger partial charge in [-0.2, -0.15) is 13.2 Å². The first-order valence-corrected chi connectivity index (χ1v) is 13.5. The molecule has 0 atom stereocenters. The van der Waals surface area contributed by atoms with E-state index in [2.05, 4.69) is 20.2 Å². The highest BCUT2D eigenvalue weighted by atomic mass is 32.1. The van der Waals surface area contributed by atoms with Gasteiger partial charge in [-0.15, -0.1) is 11.3 Å². The highest BCUT2D eigenvalue weighted by Gasteiger charge is 2.29. The van der Waals surface area contributed by atoms with E-state index in [-0.39, 0.29) is 18.4 Å². The Morgan fingerprint density at radius 2 is 2.03 bits per heavy atom. The summed E-state index contributed by atoms with van der Waals surface area (Å²) >= 11 is 1.45. The molecule has 1 aromatic carbocycles. The second kappa shape index (κ2) is 10.5. The number of rotatable bonds is 7. The third kappa shape index (κ3) is 6.26. The summed E-state index contributed by atoms with van der Waals surface area (Å²) in [7, 11) is 0. The van der Waals surface area contributed by atoms with Crippen LogP contribution in [0, 0.1) is 12.8 Å². The quantitative estimate of drug-likeness (QED) is 0.425. The molecule has 0 radical (unpaired) electrons. The molecule has 0 saturated heterocycles. The molecule has 194 valence electrons. The summed E-state index contributed by atoms with van der Waals surface area (Å²) < 4.78 is 43.1. The summed E-state index contributed by atoms with van der Waals surface area (Å²) in [5.41, 5.74) is 2.94. The number of thiazole rings is 1. The SMILES string of the molecule is Cc1nc2ccc(C(=O)NC3CCC(CCN4CCc5sc(CCC(F)(F)F)nc5C4)CC3)cc2o1. The van der Waals surface area contributed by atoms with Gasteiger partial charge in [-0.25, -0.2) is 9.97 Å². The Labute approximate surface area is 212 Å². The first-order valence-electron chi connectivity index (χ1n) is 12.7. The lowest BCUT2D eigenvalue weighted by Gasteiger charge is -2.32. The molecule has 1 aliphatic carbocycles. The van der Waals surface area contributed by atoms with Crippen LogP contribution < -0.4 is 5.32 Å². The van der Waals surface area contributed by atoms with Gasteiger partial charge in [0.25, 0.3) is 5.91 Å². The first-order chi connectivity index (χ1) is 17.2. The van der Waals surface area contributed by atoms with Crippen LogP contribution in [0.3, 0.4) is 0 Å². The molecule has 6 nitrogen and oxygen atoms in total. The zero-order chi connectivity index (χ0) is 25.3. The number of amides is 1. The summed E-state index contributed by atoms with van der Waals surface area (Å²) in [5.74, 6) is 1.14. The molecule has 0 spiro atoms. The van der Waals surface area contributed by atoms with Crippen molar-refractivity contribution >= 4 is 28.3 Å². The third-order valence-corrected chi connectivity index (χ3v) is 8.48. The molecule has 0 unspecified atom stereocenters. The van der Waals surface area contributed by atoms with Crippen molar-refractivity contribution in [2.45, 2.75) is 77.1 Å². The van der Waals surface area contributed by atoms with Crippen LogP contribution in [0.5, 0.6) is 0 Å². The number of carbonyl (C=O) groups excluding carboxylic acids is 1. The maximum Gasteiger partial charge on any atom is 0.389 e. The molecule has 5 rings (SSSR count). The summed E-state index contributed by atoms with van der Waals surface area (Å²) in [5, 5.41) is 3.78. The second-order valence-electron chi connectivity index (χ2n) is 10.0. The normalized spacial score (nSPS) is 21.0. The average Bonchev–Trinajstić information content (AvgIpc) is 3.42. The van der Waals surface area contributed by atoms with E-state index in [0.717, 1.165) is 74.2 Å². The van der Waals surface area contributed by atoms with Crippen molar-refractivity contribution in [3.63, 3.8) is 0 Å². The Bertz CT molecular complexity index is 1210. The van der Waals surface area contributed by atoms with Gasteiger partial charge in [0.05, 0.1) is 10.7 Å². The molecule has 1 fully saturated rings. The van der Waals surface area contributed by atoms with E-state index in [1.165, 1.54) is 11.3 Å². The fraction of sp³-hybridized carbons (Fsp3) is 0.577. The molecular weight excluding hydrogens is 489 g/mol. The van der Waals surface area contributed by atoms with Crippen LogP contribution in [0.2, 0.25) is 0 Å². The van der Waals surface area contributed by atoms with Gasteiger partial charge < -0.3 is 9.73 Å². The topological polar surface area (TPSA) is 71.3 Å². The number of hydrogen-bond donors (Lipinski definition) is 1. The van der Waals surface area contributed by atoms with E-state index >= 15 is 0 Å². The van der Waals surface area contributed by atoms with Gasteiger partial charge in [0.2, 0.25) is 0 Å². The monoisotopic (exact) mass is 520 g/mol. The number of aryl methyl sites for hydroxylation is 2. The first kappa shape index (κ1) is 25.2. The summed E-state index contributed by atoms with van der Waals surface area (Å²) in [6.07, 6.45) is 1.13. The maximum absolute atomic E-state index is 12.7. The van der Waals surface area contributed by atoms with Crippen molar-refractivity contribution in [3.8, 4) is 0 Å². The number of fused-ring (bicyclic) bond motifs is 2. The van der Waals surface area contributed by atoms with E-state index in [9.17, 15) is 18.0 Å². The minimum Gasteiger partial charge on any atom is -0.441 e. The lowest BCUT2D eigenvalue weighted by atomic mass is 9.84. The second-order valence-corrected chi connectivity index (χ2v) is 11.2. The van der Waals surface area contributed by atoms with Crippen molar-refractivity contribution < 1.29 is 22.4 Å². The van der Waals surface area contributed by atoms with Crippen LogP contribution in [0.4, 0.5) is 13.2 Å². The number of alkyl halides is 3. The van der Waals surface area contributed by atoms with Crippen molar-refractivity contribution in [1.82, 2.24) is 20.2 Å². The van der Waals surface area contributed by atoms with Gasteiger partial charge in [0, 0.05) is 49.3 Å². The highest BCUT2D eigenvalue weighted by Crippen LogP contribution is 2.31. The lowest BCUT2D eigenvalue weighted by Crippen LogP contribution is -2.38. The largest absolute Gasteiger partial charge is 0.441 e. The van der Waals surface area contributed by atoms with E-state index in [0.29, 0.717) is 28.0 Å². The third-order valence-electron chi connectivity index (χ3n) is 7.27. The highest BCUT2D eigenvalue weighted by molar-refractivity contribution is 7.11. The zero-order valence-electron chi connectivity index (χ0n) is 20.4.